The first-order valence-electron chi connectivity index (χ1n) is 9.66. The van der Waals surface area contributed by atoms with Crippen molar-refractivity contribution in [1.29, 1.82) is 0 Å². The third-order valence-electron chi connectivity index (χ3n) is 5.02. The smallest absolute Gasteiger partial charge is 0.224 e. The molecule has 150 valence electrons. The van der Waals surface area contributed by atoms with E-state index in [1.165, 1.54) is 19.3 Å². The molecule has 0 radical (unpaired) electrons. The second-order valence-corrected chi connectivity index (χ2v) is 7.38. The van der Waals surface area contributed by atoms with Gasteiger partial charge in [0.2, 0.25) is 5.91 Å². The highest BCUT2D eigenvalue weighted by atomic mass is 35.5. The Morgan fingerprint density at radius 1 is 1.04 bits per heavy atom. The van der Waals surface area contributed by atoms with Crippen LogP contribution < -0.4 is 19.7 Å². The van der Waals surface area contributed by atoms with Crippen LogP contribution in [0.25, 0.3) is 0 Å². The molecule has 6 heteroatoms. The van der Waals surface area contributed by atoms with Gasteiger partial charge in [0.15, 0.2) is 11.5 Å². The first-order valence-corrected chi connectivity index (χ1v) is 10.0. The predicted molar refractivity (Wildman–Crippen MR) is 114 cm³/mol. The van der Waals surface area contributed by atoms with Gasteiger partial charge in [-0.25, -0.2) is 0 Å². The summed E-state index contributed by atoms with van der Waals surface area (Å²) in [6, 6.07) is 11.4. The highest BCUT2D eigenvalue weighted by molar-refractivity contribution is 6.31. The van der Waals surface area contributed by atoms with Crippen LogP contribution in [0.15, 0.2) is 36.4 Å². The summed E-state index contributed by atoms with van der Waals surface area (Å²) >= 11 is 6.18. The molecule has 1 aliphatic rings. The van der Waals surface area contributed by atoms with Crippen molar-refractivity contribution in [1.82, 2.24) is 0 Å². The molecule has 0 saturated carbocycles. The van der Waals surface area contributed by atoms with Crippen LogP contribution in [-0.4, -0.2) is 33.2 Å². The molecule has 1 saturated heterocycles. The highest BCUT2D eigenvalue weighted by Gasteiger charge is 2.16. The lowest BCUT2D eigenvalue weighted by Crippen LogP contribution is -2.30. The number of aryl methyl sites for hydroxylation is 1. The maximum Gasteiger partial charge on any atom is 0.224 e. The molecule has 0 spiro atoms. The Balaban J connectivity index is 1.65. The number of rotatable bonds is 7. The lowest BCUT2D eigenvalue weighted by molar-refractivity contribution is -0.116. The number of benzene rings is 2. The van der Waals surface area contributed by atoms with Crippen molar-refractivity contribution >= 4 is 28.9 Å². The van der Waals surface area contributed by atoms with Gasteiger partial charge in [0.25, 0.3) is 0 Å². The number of carbonyl (C=O) groups is 1. The SMILES string of the molecule is COc1ccc(CCC(=O)Nc2cc(Cl)ccc2N2CCCCC2)cc1OC. The van der Waals surface area contributed by atoms with Crippen molar-refractivity contribution in [2.24, 2.45) is 0 Å². The van der Waals surface area contributed by atoms with E-state index in [4.69, 9.17) is 21.1 Å². The molecular formula is C22H27ClN2O3. The van der Waals surface area contributed by atoms with E-state index in [1.54, 1.807) is 14.2 Å². The van der Waals surface area contributed by atoms with Crippen LogP contribution in [-0.2, 0) is 11.2 Å². The van der Waals surface area contributed by atoms with E-state index in [0.717, 1.165) is 30.0 Å². The van der Waals surface area contributed by atoms with E-state index in [0.29, 0.717) is 29.4 Å². The summed E-state index contributed by atoms with van der Waals surface area (Å²) in [6.45, 7) is 2.02. The molecule has 0 aromatic heterocycles. The number of ether oxygens (including phenoxy) is 2. The molecule has 2 aromatic carbocycles. The zero-order valence-corrected chi connectivity index (χ0v) is 17.2. The number of nitrogens with one attached hydrogen (secondary N) is 1. The van der Waals surface area contributed by atoms with E-state index in [-0.39, 0.29) is 5.91 Å². The minimum atomic E-state index is -0.0321. The average molecular weight is 403 g/mol. The van der Waals surface area contributed by atoms with Crippen LogP contribution in [0, 0.1) is 0 Å². The second-order valence-electron chi connectivity index (χ2n) is 6.95. The number of piperidine rings is 1. The number of halogens is 1. The van der Waals surface area contributed by atoms with Gasteiger partial charge >= 0.3 is 0 Å². The first kappa shape index (κ1) is 20.3. The van der Waals surface area contributed by atoms with Gasteiger partial charge in [-0.2, -0.15) is 0 Å². The largest absolute Gasteiger partial charge is 0.493 e. The molecule has 0 aliphatic carbocycles. The normalized spacial score (nSPS) is 13.9. The Bertz CT molecular complexity index is 819. The summed E-state index contributed by atoms with van der Waals surface area (Å²) in [5, 5.41) is 3.67. The van der Waals surface area contributed by atoms with E-state index in [9.17, 15) is 4.79 Å². The van der Waals surface area contributed by atoms with Gasteiger partial charge < -0.3 is 19.7 Å². The zero-order chi connectivity index (χ0) is 19.9. The fourth-order valence-corrected chi connectivity index (χ4v) is 3.70. The quantitative estimate of drug-likeness (QED) is 0.714. The molecule has 1 N–H and O–H groups in total. The fourth-order valence-electron chi connectivity index (χ4n) is 3.53. The lowest BCUT2D eigenvalue weighted by atomic mass is 10.1. The Morgan fingerprint density at radius 2 is 1.79 bits per heavy atom. The van der Waals surface area contributed by atoms with Gasteiger partial charge in [-0.05, 0) is 61.6 Å². The number of methoxy groups -OCH3 is 2. The van der Waals surface area contributed by atoms with E-state index >= 15 is 0 Å². The number of amides is 1. The van der Waals surface area contributed by atoms with E-state index < -0.39 is 0 Å². The topological polar surface area (TPSA) is 50.8 Å². The third kappa shape index (κ3) is 5.10. The molecule has 1 fully saturated rings. The monoisotopic (exact) mass is 402 g/mol. The molecule has 2 aromatic rings. The van der Waals surface area contributed by atoms with Crippen LogP contribution in [0.3, 0.4) is 0 Å². The molecule has 3 rings (SSSR count). The second kappa shape index (κ2) is 9.69. The molecule has 0 atom stereocenters. The summed E-state index contributed by atoms with van der Waals surface area (Å²) in [5.74, 6) is 1.32. The van der Waals surface area contributed by atoms with Crippen molar-refractivity contribution in [3.05, 3.63) is 47.0 Å². The van der Waals surface area contributed by atoms with Gasteiger partial charge in [0.1, 0.15) is 0 Å². The molecule has 5 nitrogen and oxygen atoms in total. The Labute approximate surface area is 171 Å². The van der Waals surface area contributed by atoms with Crippen LogP contribution in [0.4, 0.5) is 11.4 Å². The summed E-state index contributed by atoms with van der Waals surface area (Å²) < 4.78 is 10.6. The summed E-state index contributed by atoms with van der Waals surface area (Å²) in [4.78, 5) is 14.9. The minimum Gasteiger partial charge on any atom is -0.493 e. The number of anilines is 2. The van der Waals surface area contributed by atoms with Crippen molar-refractivity contribution < 1.29 is 14.3 Å². The molecule has 0 bridgehead atoms. The van der Waals surface area contributed by atoms with Crippen molar-refractivity contribution in [3.63, 3.8) is 0 Å². The Morgan fingerprint density at radius 3 is 2.50 bits per heavy atom. The van der Waals surface area contributed by atoms with Gasteiger partial charge in [-0.15, -0.1) is 0 Å². The van der Waals surface area contributed by atoms with E-state index in [2.05, 4.69) is 10.2 Å². The van der Waals surface area contributed by atoms with Crippen molar-refractivity contribution in [2.75, 3.05) is 37.5 Å². The highest BCUT2D eigenvalue weighted by Crippen LogP contribution is 2.32. The first-order chi connectivity index (χ1) is 13.6. The van der Waals surface area contributed by atoms with Crippen molar-refractivity contribution in [2.45, 2.75) is 32.1 Å². The van der Waals surface area contributed by atoms with Crippen LogP contribution >= 0.6 is 11.6 Å². The minimum absolute atomic E-state index is 0.0321. The summed E-state index contributed by atoms with van der Waals surface area (Å²) in [7, 11) is 3.21. The Kier molecular flexibility index (Phi) is 7.04. The van der Waals surface area contributed by atoms with Crippen LogP contribution in [0.5, 0.6) is 11.5 Å². The number of carbonyl (C=O) groups excluding carboxylic acids is 1. The van der Waals surface area contributed by atoms with Gasteiger partial charge in [0, 0.05) is 24.5 Å². The fraction of sp³-hybridized carbons (Fsp3) is 0.409. The van der Waals surface area contributed by atoms with Crippen molar-refractivity contribution in [3.8, 4) is 11.5 Å². The third-order valence-corrected chi connectivity index (χ3v) is 5.25. The van der Waals surface area contributed by atoms with Gasteiger partial charge in [0.05, 0.1) is 25.6 Å². The summed E-state index contributed by atoms with van der Waals surface area (Å²) in [6.07, 6.45) is 4.61. The average Bonchev–Trinajstić information content (AvgIpc) is 2.72. The predicted octanol–water partition coefficient (Wildman–Crippen LogP) is 4.92. The maximum atomic E-state index is 12.6. The molecule has 1 heterocycles. The molecule has 28 heavy (non-hydrogen) atoms. The lowest BCUT2D eigenvalue weighted by Gasteiger charge is -2.30. The van der Waals surface area contributed by atoms with Crippen LogP contribution in [0.2, 0.25) is 5.02 Å². The maximum absolute atomic E-state index is 12.6. The molecule has 0 unspecified atom stereocenters. The molecular weight excluding hydrogens is 376 g/mol. The standard InChI is InChI=1S/C22H27ClN2O3/c1-27-20-10-6-16(14-21(20)28-2)7-11-22(26)24-18-15-17(23)8-9-19(18)25-12-4-3-5-13-25/h6,8-10,14-15H,3-5,7,11-13H2,1-2H3,(H,24,26). The summed E-state index contributed by atoms with van der Waals surface area (Å²) in [5.41, 5.74) is 2.85. The zero-order valence-electron chi connectivity index (χ0n) is 16.5. The number of nitrogens with zero attached hydrogens (tertiary/aromatic N) is 1. The van der Waals surface area contributed by atoms with E-state index in [1.807, 2.05) is 36.4 Å². The molecule has 1 aliphatic heterocycles. The van der Waals surface area contributed by atoms with Gasteiger partial charge in [-0.3, -0.25) is 4.79 Å². The number of hydrogen-bond acceptors (Lipinski definition) is 4. The molecule has 1 amide bonds. The number of hydrogen-bond donors (Lipinski definition) is 1. The van der Waals surface area contributed by atoms with Crippen LogP contribution in [0.1, 0.15) is 31.2 Å². The van der Waals surface area contributed by atoms with Gasteiger partial charge in [-0.1, -0.05) is 17.7 Å². The Hall–Kier alpha value is -2.40.